The number of piperidine rings is 1. The van der Waals surface area contributed by atoms with Gasteiger partial charge in [0.2, 0.25) is 0 Å². The van der Waals surface area contributed by atoms with Gasteiger partial charge < -0.3 is 19.5 Å². The molecule has 0 aliphatic carbocycles. The summed E-state index contributed by atoms with van der Waals surface area (Å²) in [6.07, 6.45) is 1.51. The molecular weight excluding hydrogens is 657 g/mol. The Morgan fingerprint density at radius 2 is 1.79 bits per heavy atom. The van der Waals surface area contributed by atoms with Gasteiger partial charge in [-0.15, -0.1) is 0 Å². The van der Waals surface area contributed by atoms with Crippen LogP contribution in [0.2, 0.25) is 10.2 Å². The van der Waals surface area contributed by atoms with Gasteiger partial charge in [-0.3, -0.25) is 23.6 Å². The number of hydrogen-bond acceptors (Lipinski definition) is 7. The Hall–Kier alpha value is -3.90. The van der Waals surface area contributed by atoms with Crippen molar-refractivity contribution in [3.8, 4) is 5.69 Å². The minimum atomic E-state index is -1.19. The second-order valence-electron chi connectivity index (χ2n) is 13.6. The van der Waals surface area contributed by atoms with E-state index in [0.29, 0.717) is 71.5 Å². The van der Waals surface area contributed by atoms with Gasteiger partial charge in [0.25, 0.3) is 11.5 Å². The third-order valence-corrected chi connectivity index (χ3v) is 9.30. The largest absolute Gasteiger partial charge is 0.444 e. The predicted octanol–water partition coefficient (Wildman–Crippen LogP) is 5.86. The van der Waals surface area contributed by atoms with Gasteiger partial charge in [0, 0.05) is 29.4 Å². The summed E-state index contributed by atoms with van der Waals surface area (Å²) in [5.74, 6) is -0.147. The number of likely N-dealkylation sites (tertiary alicyclic amines) is 1. The van der Waals surface area contributed by atoms with Crippen molar-refractivity contribution in [3.05, 3.63) is 92.6 Å². The quantitative estimate of drug-likeness (QED) is 0.278. The first-order chi connectivity index (χ1) is 22.7. The summed E-state index contributed by atoms with van der Waals surface area (Å²) in [5, 5.41) is 12.5. The van der Waals surface area contributed by atoms with Crippen molar-refractivity contribution in [2.75, 3.05) is 26.2 Å². The lowest BCUT2D eigenvalue weighted by atomic mass is 9.91. The number of aromatic nitrogens is 3. The highest BCUT2D eigenvalue weighted by atomic mass is 35.5. The first kappa shape index (κ1) is 34.0. The predicted molar refractivity (Wildman–Crippen MR) is 183 cm³/mol. The summed E-state index contributed by atoms with van der Waals surface area (Å²) >= 11 is 12.7. The normalized spacial score (nSPS) is 19.8. The fourth-order valence-electron chi connectivity index (χ4n) is 6.30. The molecule has 2 aromatic heterocycles. The van der Waals surface area contributed by atoms with E-state index in [0.717, 1.165) is 5.56 Å². The standard InChI is InChI=1S/C35H39Cl2N5O6/c1-22-18-41(33(45)48-34(2,3)4)28(19-47-22)23-8-10-26(11-9-23)42-29(37)17-27-30(42)38-21-40(32(27)44)20-35(46)12-14-39(15-13-35)31(43)24-6-5-7-25(36)16-24/h5-11,16-17,21-22,28,46H,12-15,18-20H2,1-4H3/t22-,28-/m0/s1. The average molecular weight is 697 g/mol. The van der Waals surface area contributed by atoms with Crippen molar-refractivity contribution in [2.45, 2.75) is 70.4 Å². The first-order valence-corrected chi connectivity index (χ1v) is 16.7. The molecule has 0 spiro atoms. The van der Waals surface area contributed by atoms with Crippen molar-refractivity contribution < 1.29 is 24.2 Å². The number of amides is 2. The number of nitrogens with zero attached hydrogens (tertiary/aromatic N) is 5. The van der Waals surface area contributed by atoms with Crippen molar-refractivity contribution in [2.24, 2.45) is 0 Å². The Bertz CT molecular complexity index is 1890. The molecule has 254 valence electrons. The number of carbonyl (C=O) groups excluding carboxylic acids is 2. The van der Waals surface area contributed by atoms with Crippen LogP contribution in [0.4, 0.5) is 4.79 Å². The minimum absolute atomic E-state index is 0.0295. The van der Waals surface area contributed by atoms with Crippen LogP contribution in [0.15, 0.2) is 65.7 Å². The maximum atomic E-state index is 13.6. The van der Waals surface area contributed by atoms with Crippen molar-refractivity contribution >= 4 is 46.2 Å². The molecule has 0 unspecified atom stereocenters. The van der Waals surface area contributed by atoms with Crippen LogP contribution in [-0.4, -0.2) is 84.6 Å². The molecule has 0 saturated carbocycles. The molecule has 1 N–H and O–H groups in total. The summed E-state index contributed by atoms with van der Waals surface area (Å²) in [6, 6.07) is 15.6. The molecule has 2 aliphatic rings. The lowest BCUT2D eigenvalue weighted by Gasteiger charge is -2.39. The Morgan fingerprint density at radius 1 is 1.08 bits per heavy atom. The maximum absolute atomic E-state index is 13.6. The molecule has 2 saturated heterocycles. The molecule has 2 aliphatic heterocycles. The number of carbonyl (C=O) groups is 2. The summed E-state index contributed by atoms with van der Waals surface area (Å²) in [4.78, 5) is 47.6. The zero-order chi connectivity index (χ0) is 34.4. The maximum Gasteiger partial charge on any atom is 0.410 e. The molecule has 0 bridgehead atoms. The smallest absolute Gasteiger partial charge is 0.410 e. The van der Waals surface area contributed by atoms with E-state index in [9.17, 15) is 19.5 Å². The fraction of sp³-hybridized carbons (Fsp3) is 0.429. The van der Waals surface area contributed by atoms with Crippen LogP contribution in [-0.2, 0) is 16.0 Å². The number of benzene rings is 2. The van der Waals surface area contributed by atoms with Gasteiger partial charge in [-0.1, -0.05) is 41.4 Å². The van der Waals surface area contributed by atoms with Crippen LogP contribution < -0.4 is 5.56 Å². The van der Waals surface area contributed by atoms with E-state index in [2.05, 4.69) is 4.98 Å². The van der Waals surface area contributed by atoms with Crippen LogP contribution in [0.25, 0.3) is 16.7 Å². The van der Waals surface area contributed by atoms with Gasteiger partial charge in [-0.25, -0.2) is 9.78 Å². The number of fused-ring (bicyclic) bond motifs is 1. The monoisotopic (exact) mass is 695 g/mol. The molecular formula is C35H39Cl2N5O6. The Morgan fingerprint density at radius 3 is 2.46 bits per heavy atom. The van der Waals surface area contributed by atoms with E-state index in [4.69, 9.17) is 32.7 Å². The molecule has 48 heavy (non-hydrogen) atoms. The SMILES string of the molecule is C[C@H]1CN(C(=O)OC(C)(C)C)[C@H](c2ccc(-n3c(Cl)cc4c(=O)n(CC5(O)CCN(C(=O)c6cccc(Cl)c6)CC5)cnc43)cc2)CO1. The molecule has 2 atom stereocenters. The van der Waals surface area contributed by atoms with Crippen LogP contribution >= 0.6 is 23.2 Å². The molecule has 13 heteroatoms. The van der Waals surface area contributed by atoms with Gasteiger partial charge >= 0.3 is 6.09 Å². The fourth-order valence-corrected chi connectivity index (χ4v) is 6.77. The number of ether oxygens (including phenoxy) is 2. The number of aliphatic hydroxyl groups is 1. The van der Waals surface area contributed by atoms with Crippen LogP contribution in [0, 0.1) is 0 Å². The summed E-state index contributed by atoms with van der Waals surface area (Å²) in [5.41, 5.74) is 0.285. The highest BCUT2D eigenvalue weighted by Gasteiger charge is 2.36. The van der Waals surface area contributed by atoms with E-state index in [-0.39, 0.29) is 30.2 Å². The zero-order valence-electron chi connectivity index (χ0n) is 27.4. The zero-order valence-corrected chi connectivity index (χ0v) is 28.9. The van der Waals surface area contributed by atoms with E-state index in [1.54, 1.807) is 44.7 Å². The van der Waals surface area contributed by atoms with Crippen molar-refractivity contribution in [1.29, 1.82) is 0 Å². The van der Waals surface area contributed by atoms with Gasteiger partial charge in [0.15, 0.2) is 5.65 Å². The molecule has 2 amide bonds. The third-order valence-electron chi connectivity index (χ3n) is 8.79. The minimum Gasteiger partial charge on any atom is -0.444 e. The van der Waals surface area contributed by atoms with Crippen molar-refractivity contribution in [3.63, 3.8) is 0 Å². The Kier molecular flexibility index (Phi) is 9.34. The molecule has 11 nitrogen and oxygen atoms in total. The lowest BCUT2D eigenvalue weighted by Crippen LogP contribution is -2.49. The number of rotatable bonds is 5. The summed E-state index contributed by atoms with van der Waals surface area (Å²) in [7, 11) is 0. The van der Waals surface area contributed by atoms with Gasteiger partial charge in [0.05, 0.1) is 42.8 Å². The second-order valence-corrected chi connectivity index (χ2v) is 14.5. The van der Waals surface area contributed by atoms with Crippen LogP contribution in [0.3, 0.4) is 0 Å². The lowest BCUT2D eigenvalue weighted by molar-refractivity contribution is -0.0644. The van der Waals surface area contributed by atoms with Gasteiger partial charge in [-0.05, 0) is 82.5 Å². The summed E-state index contributed by atoms with van der Waals surface area (Å²) < 4.78 is 14.6. The Labute approximate surface area is 288 Å². The molecule has 2 aromatic carbocycles. The highest BCUT2D eigenvalue weighted by Crippen LogP contribution is 2.31. The van der Waals surface area contributed by atoms with Crippen molar-refractivity contribution in [1.82, 2.24) is 23.9 Å². The van der Waals surface area contributed by atoms with E-state index < -0.39 is 17.3 Å². The van der Waals surface area contributed by atoms with Gasteiger partial charge in [0.1, 0.15) is 17.1 Å². The van der Waals surface area contributed by atoms with E-state index in [1.807, 2.05) is 52.0 Å². The van der Waals surface area contributed by atoms with E-state index in [1.165, 1.54) is 10.9 Å². The number of halogens is 2. The average Bonchev–Trinajstić information content (AvgIpc) is 3.38. The molecule has 6 rings (SSSR count). The second kappa shape index (κ2) is 13.2. The number of hydrogen-bond donors (Lipinski definition) is 1. The Balaban J connectivity index is 1.18. The van der Waals surface area contributed by atoms with Crippen LogP contribution in [0.1, 0.15) is 62.5 Å². The van der Waals surface area contributed by atoms with Gasteiger partial charge in [-0.2, -0.15) is 0 Å². The highest BCUT2D eigenvalue weighted by molar-refractivity contribution is 6.31. The third kappa shape index (κ3) is 7.10. The molecule has 2 fully saturated rings. The van der Waals surface area contributed by atoms with Crippen LogP contribution in [0.5, 0.6) is 0 Å². The summed E-state index contributed by atoms with van der Waals surface area (Å²) in [6.45, 7) is 8.88. The number of morpholine rings is 1. The molecule has 4 aromatic rings. The first-order valence-electron chi connectivity index (χ1n) is 16.0. The topological polar surface area (TPSA) is 119 Å². The molecule has 4 heterocycles. The molecule has 0 radical (unpaired) electrons. The van der Waals surface area contributed by atoms with E-state index >= 15 is 0 Å².